The molecule has 104 valence electrons. The Morgan fingerprint density at radius 2 is 1.80 bits per heavy atom. The molecule has 1 heterocycles. The van der Waals surface area contributed by atoms with Crippen molar-refractivity contribution in [2.24, 2.45) is 5.73 Å². The molecule has 4 nitrogen and oxygen atoms in total. The van der Waals surface area contributed by atoms with Gasteiger partial charge in [-0.2, -0.15) is 13.2 Å². The van der Waals surface area contributed by atoms with Gasteiger partial charge in [-0.25, -0.2) is 9.97 Å². The molecule has 2 aromatic rings. The number of halogens is 3. The number of carbonyl (C=O) groups excluding carboxylic acids is 1. The van der Waals surface area contributed by atoms with Crippen molar-refractivity contribution in [3.8, 4) is 0 Å². The molecule has 0 saturated heterocycles. The minimum atomic E-state index is -4.36. The summed E-state index contributed by atoms with van der Waals surface area (Å²) in [6.07, 6.45) is -2.76. The molecule has 0 atom stereocenters. The van der Waals surface area contributed by atoms with E-state index in [1.165, 1.54) is 24.4 Å². The first-order valence-electron chi connectivity index (χ1n) is 5.64. The van der Waals surface area contributed by atoms with Gasteiger partial charge in [-0.05, 0) is 23.8 Å². The fourth-order valence-corrected chi connectivity index (χ4v) is 1.62. The third-order valence-electron chi connectivity index (χ3n) is 2.60. The molecule has 0 aliphatic carbocycles. The molecule has 20 heavy (non-hydrogen) atoms. The molecule has 0 radical (unpaired) electrons. The van der Waals surface area contributed by atoms with Crippen LogP contribution in [0, 0.1) is 0 Å². The van der Waals surface area contributed by atoms with Crippen LogP contribution in [-0.4, -0.2) is 15.9 Å². The molecule has 1 aromatic carbocycles. The van der Waals surface area contributed by atoms with Crippen molar-refractivity contribution in [3.05, 3.63) is 59.2 Å². The Bertz CT molecular complexity index is 624. The highest BCUT2D eigenvalue weighted by Gasteiger charge is 2.29. The number of benzene rings is 1. The minimum Gasteiger partial charge on any atom is -0.364 e. The summed E-state index contributed by atoms with van der Waals surface area (Å²) < 4.78 is 37.2. The molecule has 0 aliphatic heterocycles. The Kier molecular flexibility index (Phi) is 3.69. The van der Waals surface area contributed by atoms with E-state index in [-0.39, 0.29) is 12.1 Å². The summed E-state index contributed by atoms with van der Waals surface area (Å²) in [5.74, 6) is -0.359. The second-order valence-electron chi connectivity index (χ2n) is 4.09. The van der Waals surface area contributed by atoms with Crippen LogP contribution in [0.4, 0.5) is 13.2 Å². The molecule has 2 N–H and O–H groups in total. The normalized spacial score (nSPS) is 11.3. The smallest absolute Gasteiger partial charge is 0.364 e. The van der Waals surface area contributed by atoms with Crippen molar-refractivity contribution >= 4 is 5.91 Å². The molecule has 0 unspecified atom stereocenters. The number of aromatic nitrogens is 2. The van der Waals surface area contributed by atoms with Crippen molar-refractivity contribution in [2.45, 2.75) is 12.6 Å². The first-order valence-corrected chi connectivity index (χ1v) is 5.64. The topological polar surface area (TPSA) is 68.9 Å². The monoisotopic (exact) mass is 281 g/mol. The number of nitrogens with zero attached hydrogens (tertiary/aromatic N) is 2. The number of rotatable bonds is 3. The lowest BCUT2D eigenvalue weighted by molar-refractivity contribution is -0.137. The van der Waals surface area contributed by atoms with Gasteiger partial charge < -0.3 is 5.73 Å². The molecule has 0 spiro atoms. The van der Waals surface area contributed by atoms with Crippen LogP contribution in [0.1, 0.15) is 27.4 Å². The number of primary amides is 1. The lowest BCUT2D eigenvalue weighted by atomic mass is 10.1. The van der Waals surface area contributed by atoms with E-state index in [2.05, 4.69) is 9.97 Å². The zero-order chi connectivity index (χ0) is 14.8. The summed E-state index contributed by atoms with van der Waals surface area (Å²) in [6, 6.07) is 6.06. The minimum absolute atomic E-state index is 0.0712. The quantitative estimate of drug-likeness (QED) is 0.937. The van der Waals surface area contributed by atoms with Gasteiger partial charge in [0.15, 0.2) is 0 Å². The van der Waals surface area contributed by atoms with Gasteiger partial charge in [-0.3, -0.25) is 4.79 Å². The Morgan fingerprint density at radius 1 is 1.15 bits per heavy atom. The molecule has 0 saturated carbocycles. The summed E-state index contributed by atoms with van der Waals surface area (Å²) in [4.78, 5) is 18.8. The van der Waals surface area contributed by atoms with E-state index in [0.29, 0.717) is 11.4 Å². The van der Waals surface area contributed by atoms with E-state index in [9.17, 15) is 18.0 Å². The summed E-state index contributed by atoms with van der Waals surface area (Å²) >= 11 is 0. The average molecular weight is 281 g/mol. The summed E-state index contributed by atoms with van der Waals surface area (Å²) in [7, 11) is 0. The number of carbonyl (C=O) groups is 1. The fraction of sp³-hybridized carbons (Fsp3) is 0.154. The van der Waals surface area contributed by atoms with Crippen LogP contribution < -0.4 is 5.73 Å². The van der Waals surface area contributed by atoms with Gasteiger partial charge in [-0.15, -0.1) is 0 Å². The van der Waals surface area contributed by atoms with Crippen molar-refractivity contribution in [1.82, 2.24) is 9.97 Å². The van der Waals surface area contributed by atoms with Crippen LogP contribution in [-0.2, 0) is 12.6 Å². The molecule has 2 rings (SSSR count). The number of hydrogen-bond acceptors (Lipinski definition) is 3. The van der Waals surface area contributed by atoms with Crippen molar-refractivity contribution < 1.29 is 18.0 Å². The molecule has 0 fully saturated rings. The summed E-state index contributed by atoms with van der Waals surface area (Å²) in [5, 5.41) is 0. The van der Waals surface area contributed by atoms with Crippen molar-refractivity contribution in [3.63, 3.8) is 0 Å². The predicted molar refractivity (Wildman–Crippen MR) is 64.8 cm³/mol. The molecule has 1 aromatic heterocycles. The van der Waals surface area contributed by atoms with Crippen LogP contribution in [0.5, 0.6) is 0 Å². The van der Waals surface area contributed by atoms with Crippen LogP contribution >= 0.6 is 0 Å². The molecule has 0 aliphatic rings. The number of amides is 1. The van der Waals surface area contributed by atoms with Crippen LogP contribution in [0.15, 0.2) is 36.5 Å². The van der Waals surface area contributed by atoms with E-state index in [4.69, 9.17) is 5.73 Å². The lowest BCUT2D eigenvalue weighted by Gasteiger charge is -2.07. The van der Waals surface area contributed by atoms with Crippen LogP contribution in [0.25, 0.3) is 0 Å². The maximum atomic E-state index is 12.4. The average Bonchev–Trinajstić information content (AvgIpc) is 2.38. The van der Waals surface area contributed by atoms with Gasteiger partial charge in [0.05, 0.1) is 5.56 Å². The number of hydrogen-bond donors (Lipinski definition) is 1. The van der Waals surface area contributed by atoms with E-state index in [1.54, 1.807) is 0 Å². The van der Waals surface area contributed by atoms with Gasteiger partial charge in [0.1, 0.15) is 11.5 Å². The molecular formula is C13H10F3N3O. The standard InChI is InChI=1S/C13H10F3N3O/c14-13(15,16)9-3-1-8(2-4-9)7-11-18-6-5-10(19-11)12(17)20/h1-6H,7H2,(H2,17,20). The van der Waals surface area contributed by atoms with Gasteiger partial charge in [-0.1, -0.05) is 12.1 Å². The van der Waals surface area contributed by atoms with Crippen LogP contribution in [0.2, 0.25) is 0 Å². The molecular weight excluding hydrogens is 271 g/mol. The van der Waals surface area contributed by atoms with Crippen LogP contribution in [0.3, 0.4) is 0 Å². The van der Waals surface area contributed by atoms with Gasteiger partial charge in [0.25, 0.3) is 5.91 Å². The van der Waals surface area contributed by atoms with E-state index in [1.807, 2.05) is 0 Å². The van der Waals surface area contributed by atoms with Crippen molar-refractivity contribution in [2.75, 3.05) is 0 Å². The second-order valence-corrected chi connectivity index (χ2v) is 4.09. The zero-order valence-electron chi connectivity index (χ0n) is 10.2. The number of alkyl halides is 3. The Balaban J connectivity index is 2.18. The van der Waals surface area contributed by atoms with Gasteiger partial charge in [0, 0.05) is 12.6 Å². The van der Waals surface area contributed by atoms with Gasteiger partial charge in [0.2, 0.25) is 0 Å². The molecule has 1 amide bonds. The number of nitrogens with two attached hydrogens (primary N) is 1. The van der Waals surface area contributed by atoms with E-state index in [0.717, 1.165) is 12.1 Å². The lowest BCUT2D eigenvalue weighted by Crippen LogP contribution is -2.14. The largest absolute Gasteiger partial charge is 0.416 e. The Hall–Kier alpha value is -2.44. The van der Waals surface area contributed by atoms with Gasteiger partial charge >= 0.3 is 6.18 Å². The third-order valence-corrected chi connectivity index (χ3v) is 2.60. The highest BCUT2D eigenvalue weighted by Crippen LogP contribution is 2.29. The SMILES string of the molecule is NC(=O)c1ccnc(Cc2ccc(C(F)(F)F)cc2)n1. The zero-order valence-corrected chi connectivity index (χ0v) is 10.2. The highest BCUT2D eigenvalue weighted by atomic mass is 19.4. The van der Waals surface area contributed by atoms with E-state index >= 15 is 0 Å². The predicted octanol–water partition coefficient (Wildman–Crippen LogP) is 2.19. The summed E-state index contributed by atoms with van der Waals surface area (Å²) in [6.45, 7) is 0. The molecule has 7 heteroatoms. The Labute approximate surface area is 112 Å². The van der Waals surface area contributed by atoms with Crippen molar-refractivity contribution in [1.29, 1.82) is 0 Å². The highest BCUT2D eigenvalue weighted by molar-refractivity contribution is 5.90. The third kappa shape index (κ3) is 3.31. The first kappa shape index (κ1) is 14.0. The summed E-state index contributed by atoms with van der Waals surface area (Å²) in [5.41, 5.74) is 5.06. The van der Waals surface area contributed by atoms with E-state index < -0.39 is 17.6 Å². The Morgan fingerprint density at radius 3 is 2.35 bits per heavy atom. The fourth-order valence-electron chi connectivity index (χ4n) is 1.62. The first-order chi connectivity index (χ1) is 9.36. The maximum absolute atomic E-state index is 12.4. The maximum Gasteiger partial charge on any atom is 0.416 e. The second kappa shape index (κ2) is 5.28. The molecule has 0 bridgehead atoms.